The number of carbonyl (C=O) groups excluding carboxylic acids is 2. The van der Waals surface area contributed by atoms with Gasteiger partial charge in [0.2, 0.25) is 5.91 Å². The number of piperidine rings is 1. The third kappa shape index (κ3) is 3.24. The molecule has 26 heavy (non-hydrogen) atoms. The van der Waals surface area contributed by atoms with Crippen LogP contribution in [0.3, 0.4) is 0 Å². The zero-order chi connectivity index (χ0) is 18.1. The summed E-state index contributed by atoms with van der Waals surface area (Å²) in [7, 11) is 0. The Labute approximate surface area is 164 Å². The number of hydrogen-bond donors (Lipinski definition) is 0. The van der Waals surface area contributed by atoms with Crippen LogP contribution in [0.1, 0.15) is 48.9 Å². The number of amides is 2. The van der Waals surface area contributed by atoms with Crippen molar-refractivity contribution in [2.24, 2.45) is 5.92 Å². The minimum Gasteiger partial charge on any atom is -0.342 e. The van der Waals surface area contributed by atoms with Crippen LogP contribution in [0.15, 0.2) is 24.3 Å². The fourth-order valence-corrected chi connectivity index (χ4v) is 6.27. The highest BCUT2D eigenvalue weighted by atomic mass is 35.5. The molecule has 0 N–H and O–H groups in total. The van der Waals surface area contributed by atoms with Gasteiger partial charge in [-0.25, -0.2) is 0 Å². The Morgan fingerprint density at radius 3 is 2.46 bits per heavy atom. The molecule has 0 atom stereocenters. The number of halogens is 1. The first kappa shape index (κ1) is 18.2. The zero-order valence-electron chi connectivity index (χ0n) is 15.0. The highest BCUT2D eigenvalue weighted by molar-refractivity contribution is 8.00. The van der Waals surface area contributed by atoms with Gasteiger partial charge in [-0.3, -0.25) is 9.59 Å². The van der Waals surface area contributed by atoms with Crippen LogP contribution in [0.4, 0.5) is 0 Å². The van der Waals surface area contributed by atoms with E-state index in [9.17, 15) is 9.59 Å². The normalized spacial score (nSPS) is 23.0. The van der Waals surface area contributed by atoms with Crippen molar-refractivity contribution in [1.29, 1.82) is 0 Å². The molecule has 4 nitrogen and oxygen atoms in total. The van der Waals surface area contributed by atoms with Gasteiger partial charge in [0.05, 0.1) is 15.5 Å². The Kier molecular flexibility index (Phi) is 5.20. The lowest BCUT2D eigenvalue weighted by molar-refractivity contribution is -0.137. The van der Waals surface area contributed by atoms with E-state index in [1.165, 1.54) is 12.8 Å². The monoisotopic (exact) mass is 392 g/mol. The minimum atomic E-state index is -0.178. The lowest BCUT2D eigenvalue weighted by Crippen LogP contribution is -2.54. The van der Waals surface area contributed by atoms with E-state index in [1.807, 2.05) is 33.7 Å². The summed E-state index contributed by atoms with van der Waals surface area (Å²) in [6.07, 6.45) is 6.17. The molecular formula is C20H25ClN2O2S. The topological polar surface area (TPSA) is 40.6 Å². The maximum atomic E-state index is 13.1. The summed E-state index contributed by atoms with van der Waals surface area (Å²) < 4.78 is 0. The van der Waals surface area contributed by atoms with Crippen molar-refractivity contribution >= 4 is 35.2 Å². The van der Waals surface area contributed by atoms with E-state index < -0.39 is 0 Å². The second-order valence-electron chi connectivity index (χ2n) is 7.54. The molecule has 1 saturated carbocycles. The van der Waals surface area contributed by atoms with Crippen molar-refractivity contribution < 1.29 is 9.59 Å². The van der Waals surface area contributed by atoms with E-state index in [-0.39, 0.29) is 16.7 Å². The molecule has 0 radical (unpaired) electrons. The Balaban J connectivity index is 1.46. The lowest BCUT2D eigenvalue weighted by Gasteiger charge is -2.44. The molecule has 2 amide bonds. The molecule has 2 aliphatic heterocycles. The number of hydrogen-bond acceptors (Lipinski definition) is 3. The Morgan fingerprint density at radius 1 is 1.08 bits per heavy atom. The van der Waals surface area contributed by atoms with Crippen molar-refractivity contribution in [1.82, 2.24) is 9.80 Å². The number of rotatable bonds is 2. The number of benzene rings is 1. The van der Waals surface area contributed by atoms with Gasteiger partial charge in [-0.05, 0) is 37.8 Å². The van der Waals surface area contributed by atoms with Crippen LogP contribution < -0.4 is 0 Å². The van der Waals surface area contributed by atoms with Gasteiger partial charge in [0, 0.05) is 31.3 Å². The molecule has 0 aromatic heterocycles. The molecule has 140 valence electrons. The van der Waals surface area contributed by atoms with Gasteiger partial charge in [-0.15, -0.1) is 11.8 Å². The summed E-state index contributed by atoms with van der Waals surface area (Å²) in [5.41, 5.74) is 0.584. The average Bonchev–Trinajstić information content (AvgIpc) is 3.32. The second-order valence-corrected chi connectivity index (χ2v) is 9.40. The smallest absolute Gasteiger partial charge is 0.256 e. The summed E-state index contributed by atoms with van der Waals surface area (Å²) in [5.74, 6) is 1.55. The summed E-state index contributed by atoms with van der Waals surface area (Å²) in [6.45, 7) is 2.27. The van der Waals surface area contributed by atoms with Crippen LogP contribution >= 0.6 is 23.4 Å². The molecule has 0 unspecified atom stereocenters. The number of thioether (sulfide) groups is 1. The first-order valence-corrected chi connectivity index (χ1v) is 11.0. The quantitative estimate of drug-likeness (QED) is 0.762. The van der Waals surface area contributed by atoms with E-state index in [4.69, 9.17) is 11.6 Å². The van der Waals surface area contributed by atoms with Crippen LogP contribution in [0.25, 0.3) is 0 Å². The number of carbonyl (C=O) groups is 2. The third-order valence-electron chi connectivity index (χ3n) is 6.09. The van der Waals surface area contributed by atoms with E-state index in [2.05, 4.69) is 0 Å². The van der Waals surface area contributed by atoms with E-state index in [0.29, 0.717) is 16.5 Å². The van der Waals surface area contributed by atoms with Crippen LogP contribution in [-0.2, 0) is 4.79 Å². The predicted octanol–water partition coefficient (Wildman–Crippen LogP) is 4.04. The first-order chi connectivity index (χ1) is 12.6. The van der Waals surface area contributed by atoms with Gasteiger partial charge in [0.1, 0.15) is 0 Å². The molecule has 0 bridgehead atoms. The standard InChI is InChI=1S/C20H25ClN2O2S/c21-17-8-4-3-7-16(17)19(25)23-13-14-26-20(23)9-11-22(12-10-20)18(24)15-5-1-2-6-15/h3-4,7-8,15H,1-2,5-6,9-14H2. The Hall–Kier alpha value is -1.20. The van der Waals surface area contributed by atoms with Crippen molar-refractivity contribution in [3.05, 3.63) is 34.9 Å². The molecule has 2 saturated heterocycles. The highest BCUT2D eigenvalue weighted by Gasteiger charge is 2.47. The zero-order valence-corrected chi connectivity index (χ0v) is 16.5. The average molecular weight is 393 g/mol. The SMILES string of the molecule is O=C(C1CCCC1)N1CCC2(CC1)SCCN2C(=O)c1ccccc1Cl. The van der Waals surface area contributed by atoms with E-state index in [0.717, 1.165) is 51.1 Å². The molecule has 1 spiro atoms. The summed E-state index contributed by atoms with van der Waals surface area (Å²) in [6, 6.07) is 7.28. The van der Waals surface area contributed by atoms with Crippen LogP contribution in [0, 0.1) is 5.92 Å². The van der Waals surface area contributed by atoms with E-state index in [1.54, 1.807) is 12.1 Å². The number of likely N-dealkylation sites (tertiary alicyclic amines) is 1. The number of nitrogens with zero attached hydrogens (tertiary/aromatic N) is 2. The Morgan fingerprint density at radius 2 is 1.77 bits per heavy atom. The van der Waals surface area contributed by atoms with Crippen molar-refractivity contribution in [3.63, 3.8) is 0 Å². The second kappa shape index (κ2) is 7.43. The Bertz CT molecular complexity index is 697. The molecule has 1 aromatic rings. The molecular weight excluding hydrogens is 368 g/mol. The lowest BCUT2D eigenvalue weighted by atomic mass is 9.98. The van der Waals surface area contributed by atoms with Gasteiger partial charge in [-0.1, -0.05) is 36.6 Å². The van der Waals surface area contributed by atoms with Crippen molar-refractivity contribution in [2.75, 3.05) is 25.4 Å². The predicted molar refractivity (Wildman–Crippen MR) is 105 cm³/mol. The maximum Gasteiger partial charge on any atom is 0.256 e. The maximum absolute atomic E-state index is 13.1. The van der Waals surface area contributed by atoms with Crippen LogP contribution in [-0.4, -0.2) is 51.9 Å². The molecule has 1 aliphatic carbocycles. The summed E-state index contributed by atoms with van der Waals surface area (Å²) >= 11 is 8.13. The fourth-order valence-electron chi connectivity index (χ4n) is 4.60. The van der Waals surface area contributed by atoms with E-state index >= 15 is 0 Å². The van der Waals surface area contributed by atoms with Gasteiger partial charge < -0.3 is 9.80 Å². The van der Waals surface area contributed by atoms with Crippen LogP contribution in [0.2, 0.25) is 5.02 Å². The fraction of sp³-hybridized carbons (Fsp3) is 0.600. The van der Waals surface area contributed by atoms with Crippen LogP contribution in [0.5, 0.6) is 0 Å². The molecule has 3 aliphatic rings. The molecule has 3 fully saturated rings. The van der Waals surface area contributed by atoms with Gasteiger partial charge in [-0.2, -0.15) is 0 Å². The van der Waals surface area contributed by atoms with Gasteiger partial charge in [0.25, 0.3) is 5.91 Å². The third-order valence-corrected chi connectivity index (χ3v) is 7.97. The van der Waals surface area contributed by atoms with Crippen molar-refractivity contribution in [3.8, 4) is 0 Å². The van der Waals surface area contributed by atoms with Gasteiger partial charge in [0.15, 0.2) is 0 Å². The molecule has 2 heterocycles. The summed E-state index contributed by atoms with van der Waals surface area (Å²) in [5, 5.41) is 0.512. The molecule has 1 aromatic carbocycles. The molecule has 4 rings (SSSR count). The first-order valence-electron chi connectivity index (χ1n) is 9.60. The highest BCUT2D eigenvalue weighted by Crippen LogP contribution is 2.45. The minimum absolute atomic E-state index is 0.0242. The largest absolute Gasteiger partial charge is 0.342 e. The van der Waals surface area contributed by atoms with Crippen molar-refractivity contribution in [2.45, 2.75) is 43.4 Å². The van der Waals surface area contributed by atoms with Gasteiger partial charge >= 0.3 is 0 Å². The molecule has 6 heteroatoms. The summed E-state index contributed by atoms with van der Waals surface area (Å²) in [4.78, 5) is 29.7.